The van der Waals surface area contributed by atoms with Crippen molar-refractivity contribution >= 4 is 53.2 Å². The molecule has 8 heteroatoms. The first kappa shape index (κ1) is 16.1. The normalized spacial score (nSPS) is 13.3. The smallest absolute Gasteiger partial charge is 0.241 e. The highest BCUT2D eigenvalue weighted by Gasteiger charge is 2.19. The topological polar surface area (TPSA) is 59.1 Å². The quantitative estimate of drug-likeness (QED) is 0.771. The number of hydrogen-bond donors (Lipinski definition) is 1. The van der Waals surface area contributed by atoms with E-state index in [2.05, 4.69) is 41.6 Å². The van der Waals surface area contributed by atoms with Crippen molar-refractivity contribution in [3.63, 3.8) is 0 Å². The van der Waals surface area contributed by atoms with Gasteiger partial charge in [-0.05, 0) is 34.1 Å². The van der Waals surface area contributed by atoms with Gasteiger partial charge < -0.3 is 0 Å². The fourth-order valence-corrected chi connectivity index (χ4v) is 5.14. The van der Waals surface area contributed by atoms with Gasteiger partial charge in [0.15, 0.2) is 0 Å². The summed E-state index contributed by atoms with van der Waals surface area (Å²) >= 11 is 8.09. The molecule has 2 aromatic rings. The van der Waals surface area contributed by atoms with Gasteiger partial charge in [0, 0.05) is 33.0 Å². The van der Waals surface area contributed by atoms with E-state index in [-0.39, 0.29) is 10.8 Å². The number of aromatic nitrogens is 1. The Hall–Kier alpha value is -0.280. The number of sulfonamides is 1. The van der Waals surface area contributed by atoms with Crippen LogP contribution in [-0.2, 0) is 10.0 Å². The van der Waals surface area contributed by atoms with E-state index in [1.54, 1.807) is 24.4 Å². The van der Waals surface area contributed by atoms with Gasteiger partial charge in [0.25, 0.3) is 0 Å². The largest absolute Gasteiger partial charge is 0.249 e. The van der Waals surface area contributed by atoms with Crippen LogP contribution >= 0.6 is 43.2 Å². The third kappa shape index (κ3) is 3.88. The van der Waals surface area contributed by atoms with Crippen LogP contribution in [0.2, 0.25) is 0 Å². The Balaban J connectivity index is 2.11. The molecule has 0 spiro atoms. The average Bonchev–Trinajstić information content (AvgIpc) is 2.89. The Bertz CT molecular complexity index is 687. The number of halogens is 2. The first-order chi connectivity index (χ1) is 9.40. The maximum Gasteiger partial charge on any atom is 0.241 e. The zero-order valence-corrected chi connectivity index (χ0v) is 15.3. The predicted octanol–water partition coefficient (Wildman–Crippen LogP) is 3.75. The van der Waals surface area contributed by atoms with Gasteiger partial charge in [-0.25, -0.2) is 18.1 Å². The number of benzene rings is 1. The molecule has 1 aromatic carbocycles. The van der Waals surface area contributed by atoms with E-state index in [9.17, 15) is 8.42 Å². The Labute approximate surface area is 138 Å². The maximum absolute atomic E-state index is 12.3. The van der Waals surface area contributed by atoms with E-state index in [0.29, 0.717) is 11.0 Å². The summed E-state index contributed by atoms with van der Waals surface area (Å²) in [7, 11) is -3.53. The number of thiazole rings is 1. The molecule has 1 atom stereocenters. The summed E-state index contributed by atoms with van der Waals surface area (Å²) in [5.74, 6) is 0.0407. The van der Waals surface area contributed by atoms with Crippen molar-refractivity contribution in [1.82, 2.24) is 9.71 Å². The molecule has 1 heterocycles. The summed E-state index contributed by atoms with van der Waals surface area (Å²) in [6.07, 6.45) is 1.72. The van der Waals surface area contributed by atoms with E-state index in [1.165, 1.54) is 11.3 Å². The first-order valence-corrected chi connectivity index (χ1v) is 9.69. The summed E-state index contributed by atoms with van der Waals surface area (Å²) < 4.78 is 28.5. The zero-order valence-electron chi connectivity index (χ0n) is 10.5. The first-order valence-electron chi connectivity index (χ1n) is 5.74. The van der Waals surface area contributed by atoms with Gasteiger partial charge in [-0.2, -0.15) is 0 Å². The number of rotatable bonds is 5. The molecule has 0 aliphatic heterocycles. The molecule has 0 bridgehead atoms. The van der Waals surface area contributed by atoms with Gasteiger partial charge in [0.05, 0.1) is 9.90 Å². The van der Waals surface area contributed by atoms with Crippen LogP contribution in [-0.4, -0.2) is 19.9 Å². The lowest BCUT2D eigenvalue weighted by atomic mass is 10.2. The predicted molar refractivity (Wildman–Crippen MR) is 87.6 cm³/mol. The molecular formula is C12H12Br2N2O2S2. The highest BCUT2D eigenvalue weighted by molar-refractivity contribution is 9.11. The van der Waals surface area contributed by atoms with Crippen LogP contribution in [0.25, 0.3) is 0 Å². The van der Waals surface area contributed by atoms with Gasteiger partial charge >= 0.3 is 0 Å². The molecule has 0 aliphatic rings. The van der Waals surface area contributed by atoms with Crippen molar-refractivity contribution in [2.75, 3.05) is 6.54 Å². The monoisotopic (exact) mass is 438 g/mol. The SMILES string of the molecule is CC(CNS(=O)(=O)c1ccc(Br)cc1Br)c1nccs1. The van der Waals surface area contributed by atoms with Crippen molar-refractivity contribution in [3.05, 3.63) is 43.7 Å². The van der Waals surface area contributed by atoms with E-state index in [0.717, 1.165) is 9.48 Å². The van der Waals surface area contributed by atoms with Crippen molar-refractivity contribution < 1.29 is 8.42 Å². The van der Waals surface area contributed by atoms with Crippen molar-refractivity contribution in [1.29, 1.82) is 0 Å². The van der Waals surface area contributed by atoms with Gasteiger partial charge in [0.2, 0.25) is 10.0 Å². The van der Waals surface area contributed by atoms with E-state index in [1.807, 2.05) is 12.3 Å². The summed E-state index contributed by atoms with van der Waals surface area (Å²) in [5.41, 5.74) is 0. The number of nitrogens with zero attached hydrogens (tertiary/aromatic N) is 1. The molecule has 1 aromatic heterocycles. The fourth-order valence-electron chi connectivity index (χ4n) is 1.57. The molecule has 0 amide bonds. The van der Waals surface area contributed by atoms with E-state index >= 15 is 0 Å². The molecule has 1 unspecified atom stereocenters. The maximum atomic E-state index is 12.3. The van der Waals surface area contributed by atoms with Crippen molar-refractivity contribution in [3.8, 4) is 0 Å². The highest BCUT2D eigenvalue weighted by atomic mass is 79.9. The van der Waals surface area contributed by atoms with Gasteiger partial charge in [-0.3, -0.25) is 0 Å². The van der Waals surface area contributed by atoms with Crippen LogP contribution in [0.1, 0.15) is 17.8 Å². The van der Waals surface area contributed by atoms with Crippen LogP contribution in [0.4, 0.5) is 0 Å². The summed E-state index contributed by atoms with van der Waals surface area (Å²) in [6, 6.07) is 4.97. The number of nitrogens with one attached hydrogen (secondary N) is 1. The summed E-state index contributed by atoms with van der Waals surface area (Å²) in [5, 5.41) is 2.80. The van der Waals surface area contributed by atoms with Gasteiger partial charge in [-0.15, -0.1) is 11.3 Å². The molecule has 0 radical (unpaired) electrons. The molecule has 0 aliphatic carbocycles. The Morgan fingerprint density at radius 2 is 2.15 bits per heavy atom. The molecule has 2 rings (SSSR count). The standard InChI is InChI=1S/C12H12Br2N2O2S2/c1-8(12-15-4-5-19-12)7-16-20(17,18)11-3-2-9(13)6-10(11)14/h2-6,8,16H,7H2,1H3. The van der Waals surface area contributed by atoms with Gasteiger partial charge in [-0.1, -0.05) is 22.9 Å². The second-order valence-corrected chi connectivity index (χ2v) is 8.63. The molecular weight excluding hydrogens is 428 g/mol. The van der Waals surface area contributed by atoms with E-state index in [4.69, 9.17) is 0 Å². The third-order valence-corrected chi connectivity index (χ3v) is 6.54. The molecule has 0 fully saturated rings. The molecule has 20 heavy (non-hydrogen) atoms. The van der Waals surface area contributed by atoms with E-state index < -0.39 is 10.0 Å². The van der Waals surface area contributed by atoms with Crippen molar-refractivity contribution in [2.45, 2.75) is 17.7 Å². The van der Waals surface area contributed by atoms with Crippen molar-refractivity contribution in [2.24, 2.45) is 0 Å². The van der Waals surface area contributed by atoms with Crippen LogP contribution in [0, 0.1) is 0 Å². The highest BCUT2D eigenvalue weighted by Crippen LogP contribution is 2.26. The Kier molecular flexibility index (Phi) is 5.36. The third-order valence-electron chi connectivity index (χ3n) is 2.64. The van der Waals surface area contributed by atoms with Crippen LogP contribution in [0.3, 0.4) is 0 Å². The van der Waals surface area contributed by atoms with Crippen LogP contribution in [0.5, 0.6) is 0 Å². The summed E-state index contributed by atoms with van der Waals surface area (Å²) in [4.78, 5) is 4.42. The summed E-state index contributed by atoms with van der Waals surface area (Å²) in [6.45, 7) is 2.26. The minimum atomic E-state index is -3.53. The molecule has 0 saturated carbocycles. The zero-order chi connectivity index (χ0) is 14.8. The minimum Gasteiger partial charge on any atom is -0.249 e. The minimum absolute atomic E-state index is 0.0407. The molecule has 108 valence electrons. The molecule has 1 N–H and O–H groups in total. The fraction of sp³-hybridized carbons (Fsp3) is 0.250. The second kappa shape index (κ2) is 6.65. The molecule has 0 saturated heterocycles. The lowest BCUT2D eigenvalue weighted by molar-refractivity contribution is 0.574. The lowest BCUT2D eigenvalue weighted by Crippen LogP contribution is -2.28. The van der Waals surface area contributed by atoms with Gasteiger partial charge in [0.1, 0.15) is 0 Å². The molecule has 4 nitrogen and oxygen atoms in total. The average molecular weight is 440 g/mol. The second-order valence-electron chi connectivity index (χ2n) is 4.20. The lowest BCUT2D eigenvalue weighted by Gasteiger charge is -2.12. The Morgan fingerprint density at radius 3 is 2.75 bits per heavy atom. The van der Waals surface area contributed by atoms with Crippen LogP contribution < -0.4 is 4.72 Å². The Morgan fingerprint density at radius 1 is 1.40 bits per heavy atom. The van der Waals surface area contributed by atoms with Crippen LogP contribution in [0.15, 0.2) is 43.6 Å². The number of hydrogen-bond acceptors (Lipinski definition) is 4.